The first-order chi connectivity index (χ1) is 11.2. The van der Waals surface area contributed by atoms with Gasteiger partial charge in [-0.05, 0) is 51.0 Å². The Hall–Kier alpha value is -0.730. The summed E-state index contributed by atoms with van der Waals surface area (Å²) in [6.45, 7) is 7.11. The van der Waals surface area contributed by atoms with Gasteiger partial charge in [0.25, 0.3) is 0 Å². The van der Waals surface area contributed by atoms with Crippen molar-refractivity contribution in [3.05, 3.63) is 29.3 Å². The Kier molecular flexibility index (Phi) is 10.4. The van der Waals surface area contributed by atoms with Gasteiger partial charge in [-0.2, -0.15) is 0 Å². The van der Waals surface area contributed by atoms with Crippen LogP contribution in [0.25, 0.3) is 0 Å². The fraction of sp³-hybridized carbons (Fsp3) is 0.588. The largest absolute Gasteiger partial charge is 0.489 e. The molecule has 2 rings (SSSR count). The SMILES string of the molecule is CCNC(=NCC(C)Oc1ccc(Cl)cc1)NCC1CCCO1.I. The Bertz CT molecular complexity index is 493. The summed E-state index contributed by atoms with van der Waals surface area (Å²) < 4.78 is 11.4. The molecule has 1 fully saturated rings. The van der Waals surface area contributed by atoms with E-state index in [1.807, 2.05) is 31.2 Å². The van der Waals surface area contributed by atoms with Crippen molar-refractivity contribution in [3.8, 4) is 5.75 Å². The number of nitrogens with one attached hydrogen (secondary N) is 2. The number of hydrogen-bond acceptors (Lipinski definition) is 3. The number of ether oxygens (including phenoxy) is 2. The molecule has 0 aromatic heterocycles. The van der Waals surface area contributed by atoms with Gasteiger partial charge in [0, 0.05) is 24.7 Å². The third-order valence-electron chi connectivity index (χ3n) is 3.52. The van der Waals surface area contributed by atoms with Gasteiger partial charge in [0.1, 0.15) is 11.9 Å². The number of halogens is 2. The number of nitrogens with zero attached hydrogens (tertiary/aromatic N) is 1. The number of rotatable bonds is 7. The van der Waals surface area contributed by atoms with Crippen LogP contribution in [0.1, 0.15) is 26.7 Å². The van der Waals surface area contributed by atoms with Gasteiger partial charge in [-0.1, -0.05) is 11.6 Å². The molecule has 0 radical (unpaired) electrons. The topological polar surface area (TPSA) is 54.9 Å². The van der Waals surface area contributed by atoms with Gasteiger partial charge in [0.2, 0.25) is 0 Å². The van der Waals surface area contributed by atoms with Crippen molar-refractivity contribution in [3.63, 3.8) is 0 Å². The van der Waals surface area contributed by atoms with E-state index in [1.165, 1.54) is 0 Å². The lowest BCUT2D eigenvalue weighted by atomic mass is 10.2. The maximum absolute atomic E-state index is 5.87. The van der Waals surface area contributed by atoms with Gasteiger partial charge >= 0.3 is 0 Å². The van der Waals surface area contributed by atoms with Crippen molar-refractivity contribution >= 4 is 41.5 Å². The summed E-state index contributed by atoms with van der Waals surface area (Å²) in [7, 11) is 0. The normalized spacial score (nSPS) is 18.6. The molecule has 2 N–H and O–H groups in total. The van der Waals surface area contributed by atoms with Crippen LogP contribution in [0.2, 0.25) is 5.02 Å². The molecule has 5 nitrogen and oxygen atoms in total. The summed E-state index contributed by atoms with van der Waals surface area (Å²) in [6, 6.07) is 7.37. The highest BCUT2D eigenvalue weighted by molar-refractivity contribution is 14.0. The monoisotopic (exact) mass is 467 g/mol. The number of guanidine groups is 1. The second-order valence-corrected chi connectivity index (χ2v) is 6.05. The van der Waals surface area contributed by atoms with Crippen LogP contribution < -0.4 is 15.4 Å². The molecule has 1 aromatic carbocycles. The zero-order valence-corrected chi connectivity index (χ0v) is 17.3. The molecule has 7 heteroatoms. The Morgan fingerprint density at radius 3 is 2.75 bits per heavy atom. The van der Waals surface area contributed by atoms with E-state index in [0.717, 1.165) is 44.2 Å². The summed E-state index contributed by atoms with van der Waals surface area (Å²) in [5.74, 6) is 1.60. The van der Waals surface area contributed by atoms with Crippen LogP contribution in [0.4, 0.5) is 0 Å². The minimum atomic E-state index is -0.0191. The van der Waals surface area contributed by atoms with Crippen LogP contribution in [0.3, 0.4) is 0 Å². The third kappa shape index (κ3) is 7.90. The Morgan fingerprint density at radius 2 is 2.12 bits per heavy atom. The molecule has 24 heavy (non-hydrogen) atoms. The molecule has 0 spiro atoms. The van der Waals surface area contributed by atoms with Gasteiger partial charge in [0.15, 0.2) is 5.96 Å². The van der Waals surface area contributed by atoms with Crippen molar-refractivity contribution in [1.82, 2.24) is 10.6 Å². The second kappa shape index (κ2) is 11.8. The van der Waals surface area contributed by atoms with E-state index in [2.05, 4.69) is 22.5 Å². The van der Waals surface area contributed by atoms with E-state index in [9.17, 15) is 0 Å². The summed E-state index contributed by atoms with van der Waals surface area (Å²) >= 11 is 5.87. The first-order valence-corrected chi connectivity index (χ1v) is 8.61. The van der Waals surface area contributed by atoms with Crippen molar-refractivity contribution in [2.24, 2.45) is 4.99 Å². The van der Waals surface area contributed by atoms with Gasteiger partial charge in [0.05, 0.1) is 12.6 Å². The predicted octanol–water partition coefficient (Wildman–Crippen LogP) is 3.46. The average Bonchev–Trinajstić information content (AvgIpc) is 3.06. The highest BCUT2D eigenvalue weighted by Crippen LogP contribution is 2.16. The van der Waals surface area contributed by atoms with E-state index >= 15 is 0 Å². The van der Waals surface area contributed by atoms with Gasteiger partial charge < -0.3 is 20.1 Å². The average molecular weight is 468 g/mol. The molecule has 2 unspecified atom stereocenters. The second-order valence-electron chi connectivity index (χ2n) is 5.62. The van der Waals surface area contributed by atoms with Crippen molar-refractivity contribution in [1.29, 1.82) is 0 Å². The van der Waals surface area contributed by atoms with Gasteiger partial charge in [-0.3, -0.25) is 0 Å². The fourth-order valence-corrected chi connectivity index (χ4v) is 2.49. The molecule has 1 heterocycles. The Morgan fingerprint density at radius 1 is 1.38 bits per heavy atom. The van der Waals surface area contributed by atoms with E-state index in [0.29, 0.717) is 17.7 Å². The minimum Gasteiger partial charge on any atom is -0.489 e. The molecule has 0 aliphatic carbocycles. The minimum absolute atomic E-state index is 0. The van der Waals surface area contributed by atoms with E-state index in [4.69, 9.17) is 21.1 Å². The van der Waals surface area contributed by atoms with E-state index < -0.39 is 0 Å². The molecule has 1 aliphatic heterocycles. The van der Waals surface area contributed by atoms with Crippen LogP contribution >= 0.6 is 35.6 Å². The van der Waals surface area contributed by atoms with E-state index in [-0.39, 0.29) is 30.1 Å². The molecule has 0 saturated carbocycles. The van der Waals surface area contributed by atoms with Crippen molar-refractivity contribution in [2.75, 3.05) is 26.2 Å². The maximum Gasteiger partial charge on any atom is 0.191 e. The summed E-state index contributed by atoms with van der Waals surface area (Å²) in [6.07, 6.45) is 2.53. The fourth-order valence-electron chi connectivity index (χ4n) is 2.36. The summed E-state index contributed by atoms with van der Waals surface area (Å²) in [4.78, 5) is 4.58. The quantitative estimate of drug-likeness (QED) is 0.366. The number of benzene rings is 1. The highest BCUT2D eigenvalue weighted by atomic mass is 127. The lowest BCUT2D eigenvalue weighted by Gasteiger charge is -2.16. The molecule has 136 valence electrons. The molecule has 0 amide bonds. The van der Waals surface area contributed by atoms with Gasteiger partial charge in [-0.15, -0.1) is 24.0 Å². The lowest BCUT2D eigenvalue weighted by Crippen LogP contribution is -2.41. The number of hydrogen-bond donors (Lipinski definition) is 2. The molecule has 1 aromatic rings. The zero-order valence-electron chi connectivity index (χ0n) is 14.3. The van der Waals surface area contributed by atoms with Crippen LogP contribution in [-0.2, 0) is 4.74 Å². The Labute approximate surface area is 166 Å². The molecule has 2 atom stereocenters. The van der Waals surface area contributed by atoms with Crippen LogP contribution in [0, 0.1) is 0 Å². The van der Waals surface area contributed by atoms with E-state index in [1.54, 1.807) is 0 Å². The van der Waals surface area contributed by atoms with Crippen LogP contribution in [0.5, 0.6) is 5.75 Å². The van der Waals surface area contributed by atoms with Crippen molar-refractivity contribution < 1.29 is 9.47 Å². The maximum atomic E-state index is 5.87. The number of aliphatic imine (C=N–C) groups is 1. The predicted molar refractivity (Wildman–Crippen MR) is 110 cm³/mol. The smallest absolute Gasteiger partial charge is 0.191 e. The van der Waals surface area contributed by atoms with Gasteiger partial charge in [-0.25, -0.2) is 4.99 Å². The zero-order chi connectivity index (χ0) is 16.5. The van der Waals surface area contributed by atoms with Crippen molar-refractivity contribution in [2.45, 2.75) is 38.9 Å². The molecule has 1 aliphatic rings. The lowest BCUT2D eigenvalue weighted by molar-refractivity contribution is 0.113. The first-order valence-electron chi connectivity index (χ1n) is 8.23. The first kappa shape index (κ1) is 21.3. The van der Waals surface area contributed by atoms with Crippen LogP contribution in [-0.4, -0.2) is 44.4 Å². The van der Waals surface area contributed by atoms with Crippen LogP contribution in [0.15, 0.2) is 29.3 Å². The Balaban J connectivity index is 0.00000288. The molecule has 0 bridgehead atoms. The summed E-state index contributed by atoms with van der Waals surface area (Å²) in [5.41, 5.74) is 0. The highest BCUT2D eigenvalue weighted by Gasteiger charge is 2.15. The molecular formula is C17H27ClIN3O2. The molecular weight excluding hydrogens is 441 g/mol. The summed E-state index contributed by atoms with van der Waals surface area (Å²) in [5, 5.41) is 7.28. The third-order valence-corrected chi connectivity index (χ3v) is 3.77. The molecule has 1 saturated heterocycles. The standard InChI is InChI=1S/C17H26ClN3O2.HI/c1-3-19-17(21-12-16-5-4-10-22-16)20-11-13(2)23-15-8-6-14(18)7-9-15;/h6-9,13,16H,3-5,10-12H2,1-2H3,(H2,19,20,21);1H.